The van der Waals surface area contributed by atoms with Crippen molar-refractivity contribution in [3.63, 3.8) is 0 Å². The molecule has 3 heterocycles. The number of hydrogen-bond donors (Lipinski definition) is 0. The predicted molar refractivity (Wildman–Crippen MR) is 113 cm³/mol. The monoisotopic (exact) mass is 425 g/mol. The van der Waals surface area contributed by atoms with E-state index in [0.29, 0.717) is 35.0 Å². The molecule has 3 aromatic rings. The summed E-state index contributed by atoms with van der Waals surface area (Å²) in [5.41, 5.74) is 2.55. The Bertz CT molecular complexity index is 1070. The Balaban J connectivity index is 1.49. The van der Waals surface area contributed by atoms with Gasteiger partial charge in [0.2, 0.25) is 5.91 Å². The highest BCUT2D eigenvalue weighted by molar-refractivity contribution is 8.00. The van der Waals surface area contributed by atoms with Gasteiger partial charge in [-0.2, -0.15) is 10.1 Å². The lowest BCUT2D eigenvalue weighted by Crippen LogP contribution is -2.44. The Hall–Kier alpha value is -2.84. The van der Waals surface area contributed by atoms with E-state index in [0.717, 1.165) is 16.8 Å². The maximum Gasteiger partial charge on any atom is 0.286 e. The van der Waals surface area contributed by atoms with Gasteiger partial charge < -0.3 is 9.42 Å². The van der Waals surface area contributed by atoms with Crippen LogP contribution in [0.4, 0.5) is 5.95 Å². The third kappa shape index (κ3) is 3.49. The first-order chi connectivity index (χ1) is 14.2. The molecule has 0 saturated carbocycles. The van der Waals surface area contributed by atoms with Crippen LogP contribution in [-0.2, 0) is 4.79 Å². The van der Waals surface area contributed by atoms with Gasteiger partial charge in [0.15, 0.2) is 0 Å². The molecule has 0 N–H and O–H groups in total. The first-order valence-electron chi connectivity index (χ1n) is 9.07. The molecule has 0 radical (unpaired) electrons. The molecule has 1 amide bonds. The van der Waals surface area contributed by atoms with Gasteiger partial charge in [0, 0.05) is 16.1 Å². The summed E-state index contributed by atoms with van der Waals surface area (Å²) in [6.07, 6.45) is 0. The number of nitrogens with zero attached hydrogens (tertiary/aromatic N) is 5. The highest BCUT2D eigenvalue weighted by Gasteiger charge is 2.39. The lowest BCUT2D eigenvalue weighted by molar-refractivity contribution is -0.127. The molecule has 9 heteroatoms. The van der Waals surface area contributed by atoms with Crippen molar-refractivity contribution in [2.45, 2.75) is 6.04 Å². The van der Waals surface area contributed by atoms with E-state index < -0.39 is 0 Å². The number of amides is 1. The Kier molecular flexibility index (Phi) is 4.73. The highest BCUT2D eigenvalue weighted by Crippen LogP contribution is 2.29. The number of rotatable bonds is 4. The summed E-state index contributed by atoms with van der Waals surface area (Å²) < 4.78 is 5.43. The minimum absolute atomic E-state index is 0.113. The van der Waals surface area contributed by atoms with Crippen molar-refractivity contribution in [2.75, 3.05) is 23.2 Å². The minimum Gasteiger partial charge on any atom is -0.332 e. The van der Waals surface area contributed by atoms with Gasteiger partial charge >= 0.3 is 0 Å². The van der Waals surface area contributed by atoms with E-state index in [2.05, 4.69) is 10.1 Å². The van der Waals surface area contributed by atoms with Crippen molar-refractivity contribution in [1.29, 1.82) is 0 Å². The van der Waals surface area contributed by atoms with E-state index in [4.69, 9.17) is 21.2 Å². The second-order valence-electron chi connectivity index (χ2n) is 6.70. The fraction of sp³-hybridized carbons (Fsp3) is 0.200. The Morgan fingerprint density at radius 2 is 1.86 bits per heavy atom. The number of anilines is 1. The maximum absolute atomic E-state index is 12.4. The molecule has 1 unspecified atom stereocenters. The fourth-order valence-electron chi connectivity index (χ4n) is 3.40. The van der Waals surface area contributed by atoms with E-state index in [1.807, 2.05) is 59.5 Å². The van der Waals surface area contributed by atoms with Gasteiger partial charge in [0.25, 0.3) is 11.8 Å². The van der Waals surface area contributed by atoms with Gasteiger partial charge in [0.1, 0.15) is 0 Å². The summed E-state index contributed by atoms with van der Waals surface area (Å²) in [4.78, 5) is 18.7. The number of carbonyl (C=O) groups excluding carboxylic acids is 1. The number of aromatic nitrogens is 2. The number of hydrazone groups is 1. The zero-order valence-electron chi connectivity index (χ0n) is 15.2. The van der Waals surface area contributed by atoms with Crippen molar-refractivity contribution in [1.82, 2.24) is 15.0 Å². The summed E-state index contributed by atoms with van der Waals surface area (Å²) >= 11 is 7.65. The van der Waals surface area contributed by atoms with Gasteiger partial charge in [-0.25, -0.2) is 5.01 Å². The van der Waals surface area contributed by atoms with Crippen molar-refractivity contribution in [3.05, 3.63) is 65.2 Å². The molecule has 0 aliphatic carbocycles. The number of thioether (sulfide) groups is 1. The molecule has 5 rings (SSSR count). The van der Waals surface area contributed by atoms with E-state index in [9.17, 15) is 4.79 Å². The smallest absolute Gasteiger partial charge is 0.286 e. The van der Waals surface area contributed by atoms with E-state index in [1.54, 1.807) is 16.8 Å². The van der Waals surface area contributed by atoms with Gasteiger partial charge in [-0.1, -0.05) is 41.9 Å². The van der Waals surface area contributed by atoms with Gasteiger partial charge in [-0.15, -0.1) is 11.8 Å². The van der Waals surface area contributed by atoms with Gasteiger partial charge in [-0.3, -0.25) is 4.79 Å². The molecule has 1 saturated heterocycles. The van der Waals surface area contributed by atoms with E-state index >= 15 is 0 Å². The molecule has 7 nitrogen and oxygen atoms in total. The fourth-order valence-corrected chi connectivity index (χ4v) is 4.48. The molecule has 1 aromatic heterocycles. The molecular weight excluding hydrogens is 410 g/mol. The molecule has 29 heavy (non-hydrogen) atoms. The van der Waals surface area contributed by atoms with Crippen LogP contribution in [0.15, 0.2) is 64.2 Å². The standard InChI is InChI=1S/C20H16ClN5O2S/c21-15-8-6-13(7-9-15)18-16(25-12-29-11-17(25)27)10-26(23-18)20-22-19(28-24-20)14-4-2-1-3-5-14/h1-9,16H,10-12H2. The number of halogens is 1. The molecule has 0 spiro atoms. The second kappa shape index (κ2) is 7.53. The summed E-state index contributed by atoms with van der Waals surface area (Å²) in [6.45, 7) is 0.470. The van der Waals surface area contributed by atoms with Crippen LogP contribution in [0, 0.1) is 0 Å². The topological polar surface area (TPSA) is 74.8 Å². The van der Waals surface area contributed by atoms with Crippen LogP contribution in [0.3, 0.4) is 0 Å². The average molecular weight is 426 g/mol. The van der Waals surface area contributed by atoms with Crippen LogP contribution in [0.25, 0.3) is 11.5 Å². The van der Waals surface area contributed by atoms with Crippen molar-refractivity contribution >= 4 is 40.9 Å². The quantitative estimate of drug-likeness (QED) is 0.636. The third-order valence-corrected chi connectivity index (χ3v) is 6.01. The normalized spacial score (nSPS) is 19.1. The number of hydrogen-bond acceptors (Lipinski definition) is 7. The summed E-state index contributed by atoms with van der Waals surface area (Å²) in [5.74, 6) is 2.05. The predicted octanol–water partition coefficient (Wildman–Crippen LogP) is 3.52. The first kappa shape index (κ1) is 18.2. The van der Waals surface area contributed by atoms with Crippen LogP contribution >= 0.6 is 23.4 Å². The van der Waals surface area contributed by atoms with Crippen LogP contribution in [0.1, 0.15) is 5.56 Å². The molecule has 1 atom stereocenters. The average Bonchev–Trinajstić information content (AvgIpc) is 3.48. The highest BCUT2D eigenvalue weighted by atomic mass is 35.5. The zero-order valence-corrected chi connectivity index (χ0v) is 16.8. The lowest BCUT2D eigenvalue weighted by atomic mass is 10.0. The third-order valence-electron chi connectivity index (χ3n) is 4.85. The van der Waals surface area contributed by atoms with E-state index in [1.165, 1.54) is 0 Å². The summed E-state index contributed by atoms with van der Waals surface area (Å²) in [5, 5.41) is 11.2. The molecule has 1 fully saturated rings. The molecule has 0 bridgehead atoms. The zero-order chi connectivity index (χ0) is 19.8. The Labute approximate surface area is 176 Å². The Morgan fingerprint density at radius 1 is 1.07 bits per heavy atom. The molecule has 2 aliphatic heterocycles. The Morgan fingerprint density at radius 3 is 2.59 bits per heavy atom. The second-order valence-corrected chi connectivity index (χ2v) is 8.09. The largest absolute Gasteiger partial charge is 0.332 e. The van der Waals surface area contributed by atoms with Crippen LogP contribution in [0.5, 0.6) is 0 Å². The number of benzene rings is 2. The number of carbonyl (C=O) groups is 1. The van der Waals surface area contributed by atoms with Crippen molar-refractivity contribution in [3.8, 4) is 11.5 Å². The van der Waals surface area contributed by atoms with Crippen LogP contribution in [-0.4, -0.2) is 50.9 Å². The van der Waals surface area contributed by atoms with Crippen LogP contribution in [0.2, 0.25) is 5.02 Å². The SMILES string of the molecule is O=C1CSCN1C1CN(c2noc(-c3ccccc3)n2)N=C1c1ccc(Cl)cc1. The molecule has 2 aliphatic rings. The maximum atomic E-state index is 12.4. The van der Waals surface area contributed by atoms with Crippen molar-refractivity contribution < 1.29 is 9.32 Å². The van der Waals surface area contributed by atoms with Gasteiger partial charge in [0.05, 0.1) is 29.9 Å². The molecule has 146 valence electrons. The molecule has 2 aromatic carbocycles. The lowest BCUT2D eigenvalue weighted by Gasteiger charge is -2.24. The minimum atomic E-state index is -0.183. The molecular formula is C20H16ClN5O2S. The van der Waals surface area contributed by atoms with E-state index in [-0.39, 0.29) is 11.9 Å². The summed E-state index contributed by atoms with van der Waals surface area (Å²) in [7, 11) is 0. The first-order valence-corrected chi connectivity index (χ1v) is 10.6. The van der Waals surface area contributed by atoms with Crippen molar-refractivity contribution in [2.24, 2.45) is 5.10 Å². The summed E-state index contributed by atoms with van der Waals surface area (Å²) in [6, 6.07) is 16.9. The van der Waals surface area contributed by atoms with Gasteiger partial charge in [-0.05, 0) is 29.4 Å². The van der Waals surface area contributed by atoms with Crippen LogP contribution < -0.4 is 5.01 Å².